The summed E-state index contributed by atoms with van der Waals surface area (Å²) in [5.74, 6) is 0.749. The lowest BCUT2D eigenvalue weighted by molar-refractivity contribution is 0.568. The van der Waals surface area contributed by atoms with Gasteiger partial charge in [0, 0.05) is 54.0 Å². The van der Waals surface area contributed by atoms with Gasteiger partial charge < -0.3 is 9.32 Å². The summed E-state index contributed by atoms with van der Waals surface area (Å²) in [6.45, 7) is 0. The van der Waals surface area contributed by atoms with Gasteiger partial charge in [-0.1, -0.05) is 121 Å². The second kappa shape index (κ2) is 12.6. The number of para-hydroxylation sites is 1. The Labute approximate surface area is 302 Å². The molecule has 3 aliphatic rings. The number of furan rings is 1. The lowest BCUT2D eigenvalue weighted by atomic mass is 9.86. The van der Waals surface area contributed by atoms with E-state index in [1.165, 1.54) is 64.4 Å². The Balaban J connectivity index is 0.960. The molecule has 0 aliphatic heterocycles. The zero-order chi connectivity index (χ0) is 33.7. The van der Waals surface area contributed by atoms with Crippen LogP contribution in [0, 0.1) is 5.92 Å². The van der Waals surface area contributed by atoms with E-state index in [1.807, 2.05) is 17.4 Å². The van der Waals surface area contributed by atoms with Gasteiger partial charge in [0.05, 0.1) is 6.04 Å². The third-order valence-electron chi connectivity index (χ3n) is 10.9. The number of hydrogen-bond donors (Lipinski definition) is 0. The maximum absolute atomic E-state index is 6.15. The Hall–Kier alpha value is -5.64. The average Bonchev–Trinajstić information content (AvgIpc) is 3.77. The fourth-order valence-corrected chi connectivity index (χ4v) is 9.31. The van der Waals surface area contributed by atoms with E-state index in [-0.39, 0.29) is 6.04 Å². The number of rotatable bonds is 6. The monoisotopic (exact) mass is 675 g/mol. The molecule has 51 heavy (non-hydrogen) atoms. The third kappa shape index (κ3) is 5.49. The zero-order valence-electron chi connectivity index (χ0n) is 28.3. The van der Waals surface area contributed by atoms with E-state index >= 15 is 0 Å². The minimum absolute atomic E-state index is 0.218. The molecule has 10 rings (SSSR count). The Morgan fingerprint density at radius 1 is 0.588 bits per heavy atom. The van der Waals surface area contributed by atoms with Crippen LogP contribution in [-0.2, 0) is 0 Å². The van der Waals surface area contributed by atoms with Crippen LogP contribution in [0.4, 0.5) is 5.69 Å². The molecule has 2 heterocycles. The van der Waals surface area contributed by atoms with Crippen molar-refractivity contribution in [2.24, 2.45) is 5.92 Å². The molecule has 3 heteroatoms. The first-order valence-electron chi connectivity index (χ1n) is 18.1. The summed E-state index contributed by atoms with van der Waals surface area (Å²) in [4.78, 5) is 2.54. The van der Waals surface area contributed by atoms with Gasteiger partial charge in [0.25, 0.3) is 0 Å². The summed E-state index contributed by atoms with van der Waals surface area (Å²) in [5.41, 5.74) is 9.71. The van der Waals surface area contributed by atoms with Crippen LogP contribution < -0.4 is 15.5 Å². The summed E-state index contributed by atoms with van der Waals surface area (Å²) in [5, 5.41) is 5.11. The number of anilines is 1. The van der Waals surface area contributed by atoms with Gasteiger partial charge in [0.15, 0.2) is 0 Å². The molecule has 7 aromatic rings. The van der Waals surface area contributed by atoms with E-state index in [1.54, 1.807) is 0 Å². The van der Waals surface area contributed by atoms with Gasteiger partial charge in [-0.15, -0.1) is 11.3 Å². The van der Waals surface area contributed by atoms with Gasteiger partial charge in [-0.25, -0.2) is 0 Å². The minimum atomic E-state index is 0.218. The molecule has 3 atom stereocenters. The molecule has 0 spiro atoms. The lowest BCUT2D eigenvalue weighted by Gasteiger charge is -2.36. The summed E-state index contributed by atoms with van der Waals surface area (Å²) in [6, 6.07) is 44.3. The van der Waals surface area contributed by atoms with Gasteiger partial charge in [0.1, 0.15) is 11.0 Å². The van der Waals surface area contributed by atoms with Crippen LogP contribution in [0.15, 0.2) is 173 Å². The highest BCUT2D eigenvalue weighted by atomic mass is 32.1. The number of benzene rings is 5. The maximum Gasteiger partial charge on any atom is 0.135 e. The van der Waals surface area contributed by atoms with Crippen molar-refractivity contribution in [2.45, 2.75) is 31.2 Å². The number of thiophene rings is 1. The van der Waals surface area contributed by atoms with Crippen molar-refractivity contribution in [3.05, 3.63) is 185 Å². The van der Waals surface area contributed by atoms with E-state index in [4.69, 9.17) is 4.42 Å². The Bertz CT molecular complexity index is 2690. The normalized spacial score (nSPS) is 19.7. The molecule has 2 aromatic heterocycles. The van der Waals surface area contributed by atoms with E-state index < -0.39 is 0 Å². The smallest absolute Gasteiger partial charge is 0.135 e. The van der Waals surface area contributed by atoms with Crippen LogP contribution in [0.2, 0.25) is 0 Å². The van der Waals surface area contributed by atoms with E-state index in [9.17, 15) is 0 Å². The molecule has 246 valence electrons. The standard InChI is InChI=1S/C48H37NOS/c1-2-8-32(9-3-1)33-14-22-38(23-15-33)49(39-24-16-34(17-25-39)36-20-28-46-43(30-36)41-10-4-6-12-45(41)50-46)40-26-18-35(19-27-40)37-21-29-48-44(31-37)42-11-5-7-13-47(42)51-48/h1-14,16-19,21-24,26-31,33,36,39H,15,20,25H2. The first kappa shape index (κ1) is 30.2. The molecule has 5 aromatic carbocycles. The highest BCUT2D eigenvalue weighted by Gasteiger charge is 2.25. The van der Waals surface area contributed by atoms with Crippen LogP contribution in [0.5, 0.6) is 0 Å². The molecular weight excluding hydrogens is 639 g/mol. The summed E-state index contributed by atoms with van der Waals surface area (Å²) in [6.07, 6.45) is 22.0. The van der Waals surface area contributed by atoms with Gasteiger partial charge >= 0.3 is 0 Å². The van der Waals surface area contributed by atoms with Crippen LogP contribution in [0.3, 0.4) is 0 Å². The van der Waals surface area contributed by atoms with Crippen molar-refractivity contribution in [2.75, 3.05) is 4.90 Å². The molecule has 3 unspecified atom stereocenters. The maximum atomic E-state index is 6.15. The van der Waals surface area contributed by atoms with Crippen molar-refractivity contribution in [3.63, 3.8) is 0 Å². The second-order valence-corrected chi connectivity index (χ2v) is 15.0. The predicted molar refractivity (Wildman–Crippen MR) is 216 cm³/mol. The number of fused-ring (bicyclic) bond motifs is 6. The van der Waals surface area contributed by atoms with Gasteiger partial charge in [-0.3, -0.25) is 0 Å². The largest absolute Gasteiger partial charge is 0.456 e. The van der Waals surface area contributed by atoms with Crippen LogP contribution >= 0.6 is 11.3 Å². The van der Waals surface area contributed by atoms with E-state index in [0.717, 1.165) is 30.3 Å². The minimum Gasteiger partial charge on any atom is -0.456 e. The summed E-state index contributed by atoms with van der Waals surface area (Å²) < 4.78 is 8.83. The molecule has 0 fully saturated rings. The highest BCUT2D eigenvalue weighted by Crippen LogP contribution is 2.38. The van der Waals surface area contributed by atoms with Crippen LogP contribution in [0.25, 0.3) is 54.4 Å². The predicted octanol–water partition coefficient (Wildman–Crippen LogP) is 11.4. The van der Waals surface area contributed by atoms with Crippen molar-refractivity contribution < 1.29 is 4.42 Å². The highest BCUT2D eigenvalue weighted by molar-refractivity contribution is 7.25. The summed E-state index contributed by atoms with van der Waals surface area (Å²) >= 11 is 1.87. The average molecular weight is 676 g/mol. The topological polar surface area (TPSA) is 16.4 Å². The molecule has 0 N–H and O–H groups in total. The summed E-state index contributed by atoms with van der Waals surface area (Å²) in [7, 11) is 0. The lowest BCUT2D eigenvalue weighted by Crippen LogP contribution is -2.34. The molecule has 2 nitrogen and oxygen atoms in total. The van der Waals surface area contributed by atoms with Crippen molar-refractivity contribution in [1.82, 2.24) is 0 Å². The first-order chi connectivity index (χ1) is 25.2. The van der Waals surface area contributed by atoms with Crippen LogP contribution in [-0.4, -0.2) is 6.04 Å². The van der Waals surface area contributed by atoms with Gasteiger partial charge in [-0.2, -0.15) is 0 Å². The molecule has 0 bridgehead atoms. The van der Waals surface area contributed by atoms with Crippen molar-refractivity contribution >= 4 is 60.3 Å². The number of hydrogen-bond acceptors (Lipinski definition) is 3. The molecule has 0 radical (unpaired) electrons. The van der Waals surface area contributed by atoms with Gasteiger partial charge in [0.2, 0.25) is 0 Å². The Morgan fingerprint density at radius 3 is 2.18 bits per heavy atom. The first-order valence-corrected chi connectivity index (χ1v) is 18.9. The SMILES string of the molecule is C1=CC(N(C2=CCC(c3ccccc3)C=C2)c2ccc(-c3ccc4sc5ccccc5c4c3)cc2)CC=C1C1C=c2c(oc3ccccc23)=CC1. The Morgan fingerprint density at radius 2 is 1.35 bits per heavy atom. The second-order valence-electron chi connectivity index (χ2n) is 13.9. The molecule has 0 saturated heterocycles. The van der Waals surface area contributed by atoms with Crippen molar-refractivity contribution in [1.29, 1.82) is 0 Å². The third-order valence-corrected chi connectivity index (χ3v) is 12.0. The Kier molecular flexibility index (Phi) is 7.46. The molecule has 0 amide bonds. The fourth-order valence-electron chi connectivity index (χ4n) is 8.22. The fraction of sp³-hybridized carbons (Fsp3) is 0.125. The van der Waals surface area contributed by atoms with E-state index in [2.05, 4.69) is 169 Å². The number of allylic oxidation sites excluding steroid dienone is 5. The molecular formula is C48H37NOS. The molecule has 0 saturated carbocycles. The van der Waals surface area contributed by atoms with E-state index in [0.29, 0.717) is 11.8 Å². The van der Waals surface area contributed by atoms with Gasteiger partial charge in [-0.05, 0) is 90.1 Å². The van der Waals surface area contributed by atoms with Crippen LogP contribution in [0.1, 0.15) is 30.7 Å². The number of nitrogens with zero attached hydrogens (tertiary/aromatic N) is 1. The van der Waals surface area contributed by atoms with Crippen molar-refractivity contribution in [3.8, 4) is 11.1 Å². The quantitative estimate of drug-likeness (QED) is 0.174. The zero-order valence-corrected chi connectivity index (χ0v) is 29.1. The molecule has 3 aliphatic carbocycles.